The molecule has 3 rings (SSSR count). The first kappa shape index (κ1) is 16.6. The van der Waals surface area contributed by atoms with Crippen molar-refractivity contribution in [3.8, 4) is 0 Å². The van der Waals surface area contributed by atoms with E-state index in [1.165, 1.54) is 12.1 Å². The van der Waals surface area contributed by atoms with Gasteiger partial charge in [-0.25, -0.2) is 17.5 Å². The molecule has 1 N–H and O–H groups in total. The number of hydrogen-bond acceptors (Lipinski definition) is 3. The second-order valence-electron chi connectivity index (χ2n) is 5.72. The standard InChI is InChI=1S/C17H17FN2O3S/c18-14-6-8-16(9-7-14)24(22,23)19-11-13-10-17(21)20(12-13)15-4-2-1-3-5-15/h1-9,13,19H,10-12H2/t13-/m0/s1. The van der Waals surface area contributed by atoms with Crippen molar-refractivity contribution in [3.05, 3.63) is 60.4 Å². The maximum Gasteiger partial charge on any atom is 0.240 e. The van der Waals surface area contributed by atoms with Crippen molar-refractivity contribution >= 4 is 21.6 Å². The fourth-order valence-electron chi connectivity index (χ4n) is 2.70. The van der Waals surface area contributed by atoms with Crippen molar-refractivity contribution in [2.75, 3.05) is 18.0 Å². The molecular formula is C17H17FN2O3S. The molecule has 126 valence electrons. The van der Waals surface area contributed by atoms with Gasteiger partial charge in [0.25, 0.3) is 0 Å². The Balaban J connectivity index is 1.63. The Hall–Kier alpha value is -2.25. The minimum absolute atomic E-state index is 0.00754. The molecule has 0 unspecified atom stereocenters. The monoisotopic (exact) mass is 348 g/mol. The summed E-state index contributed by atoms with van der Waals surface area (Å²) < 4.78 is 39.8. The van der Waals surface area contributed by atoms with Gasteiger partial charge in [0.2, 0.25) is 15.9 Å². The van der Waals surface area contributed by atoms with Crippen LogP contribution in [0.2, 0.25) is 0 Å². The normalized spacial score (nSPS) is 18.1. The number of sulfonamides is 1. The van der Waals surface area contributed by atoms with Crippen molar-refractivity contribution < 1.29 is 17.6 Å². The van der Waals surface area contributed by atoms with Crippen LogP contribution in [0.5, 0.6) is 0 Å². The van der Waals surface area contributed by atoms with E-state index in [1.807, 2.05) is 30.3 Å². The number of anilines is 1. The van der Waals surface area contributed by atoms with Crippen molar-refractivity contribution in [2.45, 2.75) is 11.3 Å². The maximum atomic E-state index is 12.9. The van der Waals surface area contributed by atoms with E-state index in [1.54, 1.807) is 4.90 Å². The van der Waals surface area contributed by atoms with Gasteiger partial charge in [-0.05, 0) is 42.3 Å². The van der Waals surface area contributed by atoms with Crippen LogP contribution in [0.25, 0.3) is 0 Å². The average Bonchev–Trinajstić information content (AvgIpc) is 2.95. The first-order valence-electron chi connectivity index (χ1n) is 7.56. The first-order chi connectivity index (χ1) is 11.5. The Morgan fingerprint density at radius 2 is 1.75 bits per heavy atom. The summed E-state index contributed by atoms with van der Waals surface area (Å²) >= 11 is 0. The average molecular weight is 348 g/mol. The van der Waals surface area contributed by atoms with Gasteiger partial charge in [0.05, 0.1) is 4.90 Å². The molecule has 0 saturated carbocycles. The topological polar surface area (TPSA) is 66.5 Å². The lowest BCUT2D eigenvalue weighted by Crippen LogP contribution is -2.31. The van der Waals surface area contributed by atoms with Crippen molar-refractivity contribution in [3.63, 3.8) is 0 Å². The molecule has 1 aliphatic rings. The van der Waals surface area contributed by atoms with Gasteiger partial charge in [0.15, 0.2) is 0 Å². The van der Waals surface area contributed by atoms with E-state index in [4.69, 9.17) is 0 Å². The summed E-state index contributed by atoms with van der Waals surface area (Å²) in [6.45, 7) is 0.629. The van der Waals surface area contributed by atoms with Crippen LogP contribution in [0.3, 0.4) is 0 Å². The highest BCUT2D eigenvalue weighted by molar-refractivity contribution is 7.89. The minimum atomic E-state index is -3.71. The summed E-state index contributed by atoms with van der Waals surface area (Å²) in [6, 6.07) is 13.9. The molecule has 1 heterocycles. The molecule has 1 amide bonds. The van der Waals surface area contributed by atoms with Gasteiger partial charge in [0.1, 0.15) is 5.82 Å². The van der Waals surface area contributed by atoms with Crippen LogP contribution < -0.4 is 9.62 Å². The molecule has 1 aliphatic heterocycles. The molecule has 7 heteroatoms. The molecule has 0 aliphatic carbocycles. The molecule has 0 spiro atoms. The molecule has 0 radical (unpaired) electrons. The van der Waals surface area contributed by atoms with E-state index in [2.05, 4.69) is 4.72 Å². The lowest BCUT2D eigenvalue weighted by atomic mass is 10.1. The highest BCUT2D eigenvalue weighted by Gasteiger charge is 2.31. The van der Waals surface area contributed by atoms with Crippen LogP contribution >= 0.6 is 0 Å². The third kappa shape index (κ3) is 3.63. The lowest BCUT2D eigenvalue weighted by molar-refractivity contribution is -0.117. The Bertz CT molecular complexity index is 823. The largest absolute Gasteiger partial charge is 0.312 e. The minimum Gasteiger partial charge on any atom is -0.312 e. The number of amides is 1. The number of halogens is 1. The third-order valence-electron chi connectivity index (χ3n) is 3.96. The van der Waals surface area contributed by atoms with E-state index < -0.39 is 15.8 Å². The highest BCUT2D eigenvalue weighted by Crippen LogP contribution is 2.24. The van der Waals surface area contributed by atoms with Gasteiger partial charge >= 0.3 is 0 Å². The predicted octanol–water partition coefficient (Wildman–Crippen LogP) is 2.16. The summed E-state index contributed by atoms with van der Waals surface area (Å²) in [5.41, 5.74) is 0.811. The number of para-hydroxylation sites is 1. The van der Waals surface area contributed by atoms with Crippen LogP contribution in [0.1, 0.15) is 6.42 Å². The van der Waals surface area contributed by atoms with E-state index in [-0.39, 0.29) is 23.3 Å². The highest BCUT2D eigenvalue weighted by atomic mass is 32.2. The van der Waals surface area contributed by atoms with E-state index >= 15 is 0 Å². The Labute approximate surface area is 140 Å². The summed E-state index contributed by atoms with van der Waals surface area (Å²) in [5, 5.41) is 0. The second-order valence-corrected chi connectivity index (χ2v) is 7.48. The molecule has 2 aromatic carbocycles. The molecule has 5 nitrogen and oxygen atoms in total. The Morgan fingerprint density at radius 1 is 1.08 bits per heavy atom. The fraction of sp³-hybridized carbons (Fsp3) is 0.235. The molecule has 0 aromatic heterocycles. The number of nitrogens with zero attached hydrogens (tertiary/aromatic N) is 1. The van der Waals surface area contributed by atoms with Gasteiger partial charge in [0, 0.05) is 25.2 Å². The predicted molar refractivity (Wildman–Crippen MR) is 88.5 cm³/mol. The number of nitrogens with one attached hydrogen (secondary N) is 1. The number of benzene rings is 2. The molecule has 24 heavy (non-hydrogen) atoms. The van der Waals surface area contributed by atoms with Crippen LogP contribution in [0.4, 0.5) is 10.1 Å². The van der Waals surface area contributed by atoms with Crippen molar-refractivity contribution in [2.24, 2.45) is 5.92 Å². The molecule has 2 aromatic rings. The number of rotatable bonds is 5. The summed E-state index contributed by atoms with van der Waals surface area (Å²) in [4.78, 5) is 13.8. The SMILES string of the molecule is O=C1C[C@@H](CNS(=O)(=O)c2ccc(F)cc2)CN1c1ccccc1. The van der Waals surface area contributed by atoms with Crippen molar-refractivity contribution in [1.82, 2.24) is 4.72 Å². The zero-order valence-corrected chi connectivity index (χ0v) is 13.7. The lowest BCUT2D eigenvalue weighted by Gasteiger charge is -2.17. The van der Waals surface area contributed by atoms with Crippen LogP contribution in [-0.2, 0) is 14.8 Å². The maximum absolute atomic E-state index is 12.9. The van der Waals surface area contributed by atoms with E-state index in [0.717, 1.165) is 17.8 Å². The Morgan fingerprint density at radius 3 is 2.42 bits per heavy atom. The van der Waals surface area contributed by atoms with Gasteiger partial charge < -0.3 is 4.90 Å². The van der Waals surface area contributed by atoms with E-state index in [0.29, 0.717) is 13.0 Å². The van der Waals surface area contributed by atoms with Gasteiger partial charge in [-0.2, -0.15) is 0 Å². The number of carbonyl (C=O) groups is 1. The van der Waals surface area contributed by atoms with Gasteiger partial charge in [-0.1, -0.05) is 18.2 Å². The molecule has 0 bridgehead atoms. The zero-order valence-electron chi connectivity index (χ0n) is 12.9. The quantitative estimate of drug-likeness (QED) is 0.900. The second kappa shape index (κ2) is 6.70. The fourth-order valence-corrected chi connectivity index (χ4v) is 3.82. The first-order valence-corrected chi connectivity index (χ1v) is 9.05. The van der Waals surface area contributed by atoms with E-state index in [9.17, 15) is 17.6 Å². The number of hydrogen-bond donors (Lipinski definition) is 1. The van der Waals surface area contributed by atoms with Crippen LogP contribution in [0.15, 0.2) is 59.5 Å². The summed E-state index contributed by atoms with van der Waals surface area (Å²) in [7, 11) is -3.71. The molecule has 1 saturated heterocycles. The van der Waals surface area contributed by atoms with Crippen molar-refractivity contribution in [1.29, 1.82) is 0 Å². The molecular weight excluding hydrogens is 331 g/mol. The zero-order chi connectivity index (χ0) is 17.2. The molecule has 1 atom stereocenters. The summed E-state index contributed by atoms with van der Waals surface area (Å²) in [5.74, 6) is -0.617. The smallest absolute Gasteiger partial charge is 0.240 e. The Kier molecular flexibility index (Phi) is 4.64. The summed E-state index contributed by atoms with van der Waals surface area (Å²) in [6.07, 6.45) is 0.292. The van der Waals surface area contributed by atoms with Gasteiger partial charge in [-0.15, -0.1) is 0 Å². The van der Waals surface area contributed by atoms with Crippen LogP contribution in [-0.4, -0.2) is 27.4 Å². The third-order valence-corrected chi connectivity index (χ3v) is 5.40. The van der Waals surface area contributed by atoms with Crippen LogP contribution in [0, 0.1) is 11.7 Å². The van der Waals surface area contributed by atoms with Gasteiger partial charge in [-0.3, -0.25) is 4.79 Å². The number of carbonyl (C=O) groups excluding carboxylic acids is 1. The molecule has 1 fully saturated rings.